The molecule has 0 radical (unpaired) electrons. The molecule has 1 heterocycles. The first-order valence-corrected chi connectivity index (χ1v) is 7.18. The van der Waals surface area contributed by atoms with Gasteiger partial charge in [0, 0.05) is 18.9 Å². The molecule has 0 saturated heterocycles. The summed E-state index contributed by atoms with van der Waals surface area (Å²) in [5, 5.41) is 12.6. The van der Waals surface area contributed by atoms with Gasteiger partial charge < -0.3 is 0 Å². The van der Waals surface area contributed by atoms with Crippen LogP contribution in [0.25, 0.3) is 0 Å². The van der Waals surface area contributed by atoms with E-state index in [0.717, 1.165) is 18.2 Å². The topological polar surface area (TPSA) is 87.8 Å². The van der Waals surface area contributed by atoms with Crippen LogP contribution in [0.2, 0.25) is 0 Å². The van der Waals surface area contributed by atoms with Gasteiger partial charge in [-0.05, 0) is 24.3 Å². The van der Waals surface area contributed by atoms with Gasteiger partial charge in [-0.1, -0.05) is 0 Å². The molecule has 20 heavy (non-hydrogen) atoms. The van der Waals surface area contributed by atoms with E-state index in [2.05, 4.69) is 9.82 Å². The summed E-state index contributed by atoms with van der Waals surface area (Å²) >= 11 is 0. The van der Waals surface area contributed by atoms with Crippen molar-refractivity contribution in [1.82, 2.24) is 14.5 Å². The van der Waals surface area contributed by atoms with Crippen molar-refractivity contribution in [3.63, 3.8) is 0 Å². The number of nitrogens with one attached hydrogen (secondary N) is 1. The summed E-state index contributed by atoms with van der Waals surface area (Å²) in [5.74, 6) is -0.747. The van der Waals surface area contributed by atoms with Crippen LogP contribution in [0.15, 0.2) is 41.6 Å². The molecule has 0 fully saturated rings. The Balaban J connectivity index is 2.08. The van der Waals surface area contributed by atoms with Gasteiger partial charge >= 0.3 is 0 Å². The molecule has 0 spiro atoms. The quantitative estimate of drug-likeness (QED) is 0.886. The fraction of sp³-hybridized carbons (Fsp3) is 0.167. The molecule has 6 nitrogen and oxygen atoms in total. The lowest BCUT2D eigenvalue weighted by Crippen LogP contribution is -2.27. The number of nitriles is 1. The number of sulfonamides is 1. The molecule has 2 rings (SSSR count). The summed E-state index contributed by atoms with van der Waals surface area (Å²) < 4.78 is 41.0. The largest absolute Gasteiger partial charge is 0.271 e. The SMILES string of the molecule is N#Cc1cc(S(=O)(=O)NCCn2cccn2)ccc1F. The van der Waals surface area contributed by atoms with Crippen molar-refractivity contribution < 1.29 is 12.8 Å². The van der Waals surface area contributed by atoms with Crippen LogP contribution in [0.5, 0.6) is 0 Å². The molecular weight excluding hydrogens is 283 g/mol. The highest BCUT2D eigenvalue weighted by Gasteiger charge is 2.15. The normalized spacial score (nSPS) is 11.2. The van der Waals surface area contributed by atoms with E-state index in [1.54, 1.807) is 29.2 Å². The molecule has 2 aromatic rings. The molecule has 0 saturated carbocycles. The van der Waals surface area contributed by atoms with Crippen molar-refractivity contribution >= 4 is 10.0 Å². The van der Waals surface area contributed by atoms with Crippen molar-refractivity contribution in [2.45, 2.75) is 11.4 Å². The zero-order valence-electron chi connectivity index (χ0n) is 10.3. The Morgan fingerprint density at radius 3 is 2.90 bits per heavy atom. The zero-order valence-corrected chi connectivity index (χ0v) is 11.1. The maximum absolute atomic E-state index is 13.1. The van der Waals surface area contributed by atoms with Crippen molar-refractivity contribution in [2.24, 2.45) is 0 Å². The predicted octanol–water partition coefficient (Wildman–Crippen LogP) is 0.872. The zero-order chi connectivity index (χ0) is 14.6. The van der Waals surface area contributed by atoms with E-state index in [0.29, 0.717) is 6.54 Å². The number of benzene rings is 1. The average Bonchev–Trinajstić information content (AvgIpc) is 2.92. The van der Waals surface area contributed by atoms with E-state index in [1.807, 2.05) is 0 Å². The van der Waals surface area contributed by atoms with E-state index >= 15 is 0 Å². The van der Waals surface area contributed by atoms with Gasteiger partial charge in [-0.15, -0.1) is 0 Å². The van der Waals surface area contributed by atoms with Crippen LogP contribution in [0.1, 0.15) is 5.56 Å². The van der Waals surface area contributed by atoms with Crippen LogP contribution in [-0.2, 0) is 16.6 Å². The maximum Gasteiger partial charge on any atom is 0.240 e. The van der Waals surface area contributed by atoms with Crippen LogP contribution < -0.4 is 4.72 Å². The molecule has 0 aliphatic carbocycles. The van der Waals surface area contributed by atoms with Crippen LogP contribution >= 0.6 is 0 Å². The summed E-state index contributed by atoms with van der Waals surface area (Å²) in [6, 6.07) is 6.42. The van der Waals surface area contributed by atoms with Crippen molar-refractivity contribution in [3.8, 4) is 6.07 Å². The molecule has 0 atom stereocenters. The molecule has 1 aromatic heterocycles. The van der Waals surface area contributed by atoms with Gasteiger partial charge in [0.15, 0.2) is 0 Å². The fourth-order valence-electron chi connectivity index (χ4n) is 1.57. The van der Waals surface area contributed by atoms with Crippen molar-refractivity contribution in [2.75, 3.05) is 6.54 Å². The molecule has 0 unspecified atom stereocenters. The van der Waals surface area contributed by atoms with Crippen LogP contribution in [-0.4, -0.2) is 24.7 Å². The van der Waals surface area contributed by atoms with Gasteiger partial charge in [-0.25, -0.2) is 17.5 Å². The van der Waals surface area contributed by atoms with E-state index in [4.69, 9.17) is 5.26 Å². The third-order valence-corrected chi connectivity index (χ3v) is 4.02. The summed E-state index contributed by atoms with van der Waals surface area (Å²) in [5.41, 5.74) is -0.306. The third-order valence-electron chi connectivity index (χ3n) is 2.56. The smallest absolute Gasteiger partial charge is 0.240 e. The Hall–Kier alpha value is -2.24. The number of hydrogen-bond acceptors (Lipinski definition) is 4. The molecule has 104 valence electrons. The molecule has 1 N–H and O–H groups in total. The first kappa shape index (κ1) is 14.2. The highest BCUT2D eigenvalue weighted by Crippen LogP contribution is 2.14. The van der Waals surface area contributed by atoms with Gasteiger partial charge in [-0.2, -0.15) is 10.4 Å². The lowest BCUT2D eigenvalue weighted by Gasteiger charge is -2.07. The van der Waals surface area contributed by atoms with Gasteiger partial charge in [-0.3, -0.25) is 4.68 Å². The lowest BCUT2D eigenvalue weighted by molar-refractivity contribution is 0.560. The highest BCUT2D eigenvalue weighted by molar-refractivity contribution is 7.89. The summed E-state index contributed by atoms with van der Waals surface area (Å²) in [6.07, 6.45) is 3.30. The molecule has 8 heteroatoms. The Morgan fingerprint density at radius 2 is 2.25 bits per heavy atom. The van der Waals surface area contributed by atoms with Gasteiger partial charge in [0.2, 0.25) is 10.0 Å². The molecule has 0 bridgehead atoms. The molecular formula is C12H11FN4O2S. The van der Waals surface area contributed by atoms with E-state index < -0.39 is 15.8 Å². The first-order valence-electron chi connectivity index (χ1n) is 5.70. The Labute approximate surface area is 115 Å². The number of halogens is 1. The first-order chi connectivity index (χ1) is 9.53. The highest BCUT2D eigenvalue weighted by atomic mass is 32.2. The number of rotatable bonds is 5. The number of hydrogen-bond donors (Lipinski definition) is 1. The average molecular weight is 294 g/mol. The van der Waals surface area contributed by atoms with Gasteiger partial charge in [0.05, 0.1) is 17.0 Å². The minimum absolute atomic E-state index is 0.142. The monoisotopic (exact) mass is 294 g/mol. The van der Waals surface area contributed by atoms with Gasteiger partial charge in [0.1, 0.15) is 11.9 Å². The van der Waals surface area contributed by atoms with Crippen molar-refractivity contribution in [3.05, 3.63) is 48.0 Å². The van der Waals surface area contributed by atoms with Crippen LogP contribution in [0.3, 0.4) is 0 Å². The van der Waals surface area contributed by atoms with E-state index in [-0.39, 0.29) is 17.0 Å². The second kappa shape index (κ2) is 5.81. The summed E-state index contributed by atoms with van der Waals surface area (Å²) in [4.78, 5) is -0.143. The van der Waals surface area contributed by atoms with E-state index in [9.17, 15) is 12.8 Å². The van der Waals surface area contributed by atoms with Crippen LogP contribution in [0.4, 0.5) is 4.39 Å². The molecule has 1 aromatic carbocycles. The number of nitrogens with zero attached hydrogens (tertiary/aromatic N) is 3. The van der Waals surface area contributed by atoms with E-state index in [1.165, 1.54) is 0 Å². The maximum atomic E-state index is 13.1. The predicted molar refractivity (Wildman–Crippen MR) is 68.5 cm³/mol. The third kappa shape index (κ3) is 3.20. The Bertz CT molecular complexity index is 735. The second-order valence-corrected chi connectivity index (χ2v) is 5.69. The molecule has 0 amide bonds. The molecule has 0 aliphatic rings. The molecule has 0 aliphatic heterocycles. The minimum atomic E-state index is -3.77. The van der Waals surface area contributed by atoms with Crippen molar-refractivity contribution in [1.29, 1.82) is 5.26 Å². The van der Waals surface area contributed by atoms with Gasteiger partial charge in [0.25, 0.3) is 0 Å². The fourth-order valence-corrected chi connectivity index (χ4v) is 2.61. The standard InChI is InChI=1S/C12H11FN4O2S/c13-12-3-2-11(8-10(12)9-14)20(18,19)16-5-7-17-6-1-4-15-17/h1-4,6,8,16H,5,7H2. The lowest BCUT2D eigenvalue weighted by atomic mass is 10.2. The minimum Gasteiger partial charge on any atom is -0.271 e. The summed E-state index contributed by atoms with van der Waals surface area (Å²) in [7, 11) is -3.77. The Morgan fingerprint density at radius 1 is 1.45 bits per heavy atom. The Kier molecular flexibility index (Phi) is 4.12. The summed E-state index contributed by atoms with van der Waals surface area (Å²) in [6.45, 7) is 0.516. The number of aromatic nitrogens is 2. The second-order valence-electron chi connectivity index (χ2n) is 3.92. The van der Waals surface area contributed by atoms with Crippen LogP contribution in [0, 0.1) is 17.1 Å².